The minimum absolute atomic E-state index is 0.146. The van der Waals surface area contributed by atoms with Crippen LogP contribution in [0.25, 0.3) is 0 Å². The first-order valence-corrected chi connectivity index (χ1v) is 4.45. The van der Waals surface area contributed by atoms with Crippen molar-refractivity contribution in [1.29, 1.82) is 0 Å². The van der Waals surface area contributed by atoms with Crippen LogP contribution < -0.4 is 5.32 Å². The molecule has 0 aromatic carbocycles. The molecule has 0 spiro atoms. The van der Waals surface area contributed by atoms with Gasteiger partial charge in [0.15, 0.2) is 0 Å². The van der Waals surface area contributed by atoms with E-state index in [2.05, 4.69) is 10.3 Å². The maximum absolute atomic E-state index is 11.4. The third kappa shape index (κ3) is 2.49. The molecule has 0 aliphatic rings. The Morgan fingerprint density at radius 2 is 2.33 bits per heavy atom. The smallest absolute Gasteiger partial charge is 0.300 e. The Bertz CT molecular complexity index is 404. The Morgan fingerprint density at radius 3 is 2.87 bits per heavy atom. The zero-order chi connectivity index (χ0) is 11.4. The van der Waals surface area contributed by atoms with E-state index in [4.69, 9.17) is 0 Å². The monoisotopic (exact) mass is 209 g/mol. The van der Waals surface area contributed by atoms with Gasteiger partial charge in [0.25, 0.3) is 5.91 Å². The highest BCUT2D eigenvalue weighted by atomic mass is 16.6. The van der Waals surface area contributed by atoms with E-state index >= 15 is 0 Å². The lowest BCUT2D eigenvalue weighted by molar-refractivity contribution is -0.385. The van der Waals surface area contributed by atoms with Crippen LogP contribution in [0.15, 0.2) is 12.3 Å². The molecule has 0 atom stereocenters. The van der Waals surface area contributed by atoms with Crippen LogP contribution in [0.1, 0.15) is 23.0 Å². The molecule has 0 unspecified atom stereocenters. The van der Waals surface area contributed by atoms with Crippen LogP contribution in [0.3, 0.4) is 0 Å². The number of nitro groups is 1. The highest BCUT2D eigenvalue weighted by Crippen LogP contribution is 2.17. The quantitative estimate of drug-likeness (QED) is 0.595. The summed E-state index contributed by atoms with van der Waals surface area (Å²) in [6.45, 7) is 3.82. The average Bonchev–Trinajstić information content (AvgIpc) is 2.17. The van der Waals surface area contributed by atoms with Crippen molar-refractivity contribution in [2.75, 3.05) is 6.54 Å². The molecule has 6 nitrogen and oxygen atoms in total. The van der Waals surface area contributed by atoms with Crippen molar-refractivity contribution in [3.8, 4) is 0 Å². The standard InChI is InChI=1S/C9H11N3O3/c1-3-10-9(13)8-7(12(14)15)4-6(2)5-11-8/h4-5H,3H2,1-2H3,(H,10,13). The normalized spacial score (nSPS) is 9.73. The van der Waals surface area contributed by atoms with Crippen LogP contribution >= 0.6 is 0 Å². The van der Waals surface area contributed by atoms with Crippen molar-refractivity contribution >= 4 is 11.6 Å². The lowest BCUT2D eigenvalue weighted by Gasteiger charge is -2.02. The second kappa shape index (κ2) is 4.50. The van der Waals surface area contributed by atoms with Gasteiger partial charge in [-0.25, -0.2) is 4.98 Å². The first kappa shape index (κ1) is 11.1. The summed E-state index contributed by atoms with van der Waals surface area (Å²) in [5.74, 6) is -0.524. The van der Waals surface area contributed by atoms with E-state index in [-0.39, 0.29) is 11.4 Å². The predicted octanol–water partition coefficient (Wildman–Crippen LogP) is 1.05. The third-order valence-electron chi connectivity index (χ3n) is 1.75. The molecule has 15 heavy (non-hydrogen) atoms. The largest absolute Gasteiger partial charge is 0.351 e. The fraction of sp³-hybridized carbons (Fsp3) is 0.333. The summed E-state index contributed by atoms with van der Waals surface area (Å²) in [6.07, 6.45) is 1.43. The number of amides is 1. The van der Waals surface area contributed by atoms with E-state index in [1.807, 2.05) is 0 Å². The van der Waals surface area contributed by atoms with Crippen LogP contribution in [0.2, 0.25) is 0 Å². The van der Waals surface area contributed by atoms with E-state index in [1.165, 1.54) is 12.3 Å². The summed E-state index contributed by atoms with van der Waals surface area (Å²) < 4.78 is 0. The van der Waals surface area contributed by atoms with Crippen molar-refractivity contribution in [3.05, 3.63) is 33.6 Å². The number of carbonyl (C=O) groups is 1. The van der Waals surface area contributed by atoms with Gasteiger partial charge >= 0.3 is 5.69 Å². The number of hydrogen-bond acceptors (Lipinski definition) is 4. The lowest BCUT2D eigenvalue weighted by atomic mass is 10.2. The molecule has 0 aliphatic heterocycles. The number of aryl methyl sites for hydroxylation is 1. The highest BCUT2D eigenvalue weighted by Gasteiger charge is 2.21. The predicted molar refractivity (Wildman–Crippen MR) is 53.6 cm³/mol. The number of carbonyl (C=O) groups excluding carboxylic acids is 1. The molecule has 0 fully saturated rings. The van der Waals surface area contributed by atoms with E-state index in [9.17, 15) is 14.9 Å². The Morgan fingerprint density at radius 1 is 1.67 bits per heavy atom. The summed E-state index contributed by atoms with van der Waals surface area (Å²) in [4.78, 5) is 25.2. The van der Waals surface area contributed by atoms with Gasteiger partial charge in [-0.15, -0.1) is 0 Å². The lowest BCUT2D eigenvalue weighted by Crippen LogP contribution is -2.24. The van der Waals surface area contributed by atoms with Crippen LogP contribution in [0.4, 0.5) is 5.69 Å². The summed E-state index contributed by atoms with van der Waals surface area (Å²) in [7, 11) is 0. The van der Waals surface area contributed by atoms with Gasteiger partial charge in [-0.1, -0.05) is 0 Å². The molecule has 1 aromatic rings. The van der Waals surface area contributed by atoms with Gasteiger partial charge < -0.3 is 5.32 Å². The fourth-order valence-corrected chi connectivity index (χ4v) is 1.11. The second-order valence-electron chi connectivity index (χ2n) is 3.00. The first-order valence-electron chi connectivity index (χ1n) is 4.45. The van der Waals surface area contributed by atoms with E-state index in [1.54, 1.807) is 13.8 Å². The Kier molecular flexibility index (Phi) is 3.33. The van der Waals surface area contributed by atoms with Crippen molar-refractivity contribution in [1.82, 2.24) is 10.3 Å². The van der Waals surface area contributed by atoms with Gasteiger partial charge in [0.05, 0.1) is 4.92 Å². The highest BCUT2D eigenvalue weighted by molar-refractivity contribution is 5.96. The maximum Gasteiger partial charge on any atom is 0.300 e. The summed E-state index contributed by atoms with van der Waals surface area (Å²) in [5.41, 5.74) is 0.239. The zero-order valence-electron chi connectivity index (χ0n) is 8.48. The van der Waals surface area contributed by atoms with Crippen LogP contribution in [-0.4, -0.2) is 22.4 Å². The van der Waals surface area contributed by atoms with Crippen molar-refractivity contribution in [2.24, 2.45) is 0 Å². The second-order valence-corrected chi connectivity index (χ2v) is 3.00. The molecule has 1 N–H and O–H groups in total. The van der Waals surface area contributed by atoms with Gasteiger partial charge in [-0.05, 0) is 19.4 Å². The van der Waals surface area contributed by atoms with Gasteiger partial charge in [-0.3, -0.25) is 14.9 Å². The molecule has 0 radical (unpaired) electrons. The topological polar surface area (TPSA) is 85.1 Å². The van der Waals surface area contributed by atoms with Gasteiger partial charge in [0, 0.05) is 18.8 Å². The summed E-state index contributed by atoms with van der Waals surface area (Å²) >= 11 is 0. The molecular weight excluding hydrogens is 198 g/mol. The number of nitrogens with zero attached hydrogens (tertiary/aromatic N) is 2. The molecule has 0 aliphatic carbocycles. The molecule has 1 rings (SSSR count). The van der Waals surface area contributed by atoms with Crippen LogP contribution in [-0.2, 0) is 0 Å². The number of rotatable bonds is 3. The van der Waals surface area contributed by atoms with E-state index in [0.29, 0.717) is 12.1 Å². The molecule has 1 amide bonds. The van der Waals surface area contributed by atoms with Gasteiger partial charge in [0.2, 0.25) is 5.69 Å². The SMILES string of the molecule is CCNC(=O)c1ncc(C)cc1[N+](=O)[O-]. The number of nitrogens with one attached hydrogen (secondary N) is 1. The molecule has 0 bridgehead atoms. The van der Waals surface area contributed by atoms with Crippen molar-refractivity contribution < 1.29 is 9.72 Å². The summed E-state index contributed by atoms with van der Waals surface area (Å²) in [6, 6.07) is 1.33. The Hall–Kier alpha value is -1.98. The molecular formula is C9H11N3O3. The number of pyridine rings is 1. The van der Waals surface area contributed by atoms with E-state index < -0.39 is 10.8 Å². The fourth-order valence-electron chi connectivity index (χ4n) is 1.11. The van der Waals surface area contributed by atoms with Crippen LogP contribution in [0.5, 0.6) is 0 Å². The molecule has 0 saturated carbocycles. The Balaban J connectivity index is 3.17. The zero-order valence-corrected chi connectivity index (χ0v) is 8.48. The Labute approximate surface area is 86.5 Å². The minimum atomic E-state index is -0.607. The molecule has 6 heteroatoms. The minimum Gasteiger partial charge on any atom is -0.351 e. The molecule has 1 heterocycles. The first-order chi connectivity index (χ1) is 7.06. The number of aromatic nitrogens is 1. The van der Waals surface area contributed by atoms with Crippen molar-refractivity contribution in [2.45, 2.75) is 13.8 Å². The molecule has 1 aromatic heterocycles. The van der Waals surface area contributed by atoms with Crippen LogP contribution in [0, 0.1) is 17.0 Å². The maximum atomic E-state index is 11.4. The molecule has 0 saturated heterocycles. The van der Waals surface area contributed by atoms with Crippen molar-refractivity contribution in [3.63, 3.8) is 0 Å². The van der Waals surface area contributed by atoms with Gasteiger partial charge in [-0.2, -0.15) is 0 Å². The summed E-state index contributed by atoms with van der Waals surface area (Å²) in [5, 5.41) is 13.1. The van der Waals surface area contributed by atoms with E-state index in [0.717, 1.165) is 0 Å². The molecule has 80 valence electrons. The average molecular weight is 209 g/mol. The van der Waals surface area contributed by atoms with Gasteiger partial charge in [0.1, 0.15) is 0 Å². The number of hydrogen-bond donors (Lipinski definition) is 1. The third-order valence-corrected chi connectivity index (χ3v) is 1.75.